The lowest BCUT2D eigenvalue weighted by atomic mass is 10.3. The van der Waals surface area contributed by atoms with Crippen LogP contribution in [0.1, 0.15) is 33.6 Å². The van der Waals surface area contributed by atoms with E-state index in [9.17, 15) is 9.59 Å². The maximum absolute atomic E-state index is 11.7. The van der Waals surface area contributed by atoms with Gasteiger partial charge in [-0.25, -0.2) is 0 Å². The fourth-order valence-electron chi connectivity index (χ4n) is 1.44. The Balaban J connectivity index is 5.03. The minimum absolute atomic E-state index is 0.0471. The van der Waals surface area contributed by atoms with Crippen molar-refractivity contribution in [1.29, 1.82) is 0 Å². The molecule has 6 heteroatoms. The van der Waals surface area contributed by atoms with Gasteiger partial charge in [0.15, 0.2) is 10.5 Å². The lowest BCUT2D eigenvalue weighted by molar-refractivity contribution is -0.187. The van der Waals surface area contributed by atoms with Crippen LogP contribution in [-0.4, -0.2) is 52.0 Å². The molecule has 0 unspecified atom stereocenters. The van der Waals surface area contributed by atoms with Crippen LogP contribution in [0.15, 0.2) is 0 Å². The van der Waals surface area contributed by atoms with Crippen molar-refractivity contribution in [2.75, 3.05) is 14.1 Å². The second-order valence-corrected chi connectivity index (χ2v) is 4.16. The summed E-state index contributed by atoms with van der Waals surface area (Å²) in [4.78, 5) is 26.3. The number of carbonyl (C=O) groups excluding carboxylic acids is 2. The molecule has 0 aliphatic carbocycles. The Morgan fingerprint density at radius 1 is 1.12 bits per heavy atom. The van der Waals surface area contributed by atoms with E-state index < -0.39 is 5.85 Å². The van der Waals surface area contributed by atoms with Crippen molar-refractivity contribution in [1.82, 2.24) is 9.80 Å². The number of rotatable bonds is 5. The first-order valence-electron chi connectivity index (χ1n) is 5.43. The molecule has 0 atom stereocenters. The van der Waals surface area contributed by atoms with E-state index in [0.717, 1.165) is 0 Å². The summed E-state index contributed by atoms with van der Waals surface area (Å²) in [7, 11) is 3.76. The standard InChI is InChI=1S/C10H22N2O3Si/c1-6-8(13)11(4)10(3,15-16)12(5)9(14)7-2/h6-7H2,1-5,16H3. The van der Waals surface area contributed by atoms with Crippen LogP contribution < -0.4 is 0 Å². The summed E-state index contributed by atoms with van der Waals surface area (Å²) in [5, 5.41) is 0. The monoisotopic (exact) mass is 246 g/mol. The zero-order chi connectivity index (χ0) is 12.9. The Labute approximate surface area is 100 Å². The maximum Gasteiger partial charge on any atom is 0.225 e. The van der Waals surface area contributed by atoms with Crippen LogP contribution in [0.3, 0.4) is 0 Å². The molecule has 0 aromatic carbocycles. The topological polar surface area (TPSA) is 49.9 Å². The molecule has 0 saturated heterocycles. The van der Waals surface area contributed by atoms with E-state index in [1.165, 1.54) is 9.80 Å². The van der Waals surface area contributed by atoms with E-state index in [0.29, 0.717) is 23.3 Å². The fourth-order valence-corrected chi connectivity index (χ4v) is 1.98. The summed E-state index contributed by atoms with van der Waals surface area (Å²) in [5.41, 5.74) is 0. The Bertz CT molecular complexity index is 249. The molecule has 0 N–H and O–H groups in total. The molecule has 0 radical (unpaired) electrons. The average Bonchev–Trinajstić information content (AvgIpc) is 2.33. The van der Waals surface area contributed by atoms with E-state index in [-0.39, 0.29) is 11.8 Å². The predicted octanol–water partition coefficient (Wildman–Crippen LogP) is -0.306. The van der Waals surface area contributed by atoms with Gasteiger partial charge in [0.25, 0.3) is 0 Å². The van der Waals surface area contributed by atoms with Gasteiger partial charge in [0.1, 0.15) is 0 Å². The van der Waals surface area contributed by atoms with E-state index in [4.69, 9.17) is 4.43 Å². The van der Waals surface area contributed by atoms with Crippen LogP contribution in [0, 0.1) is 0 Å². The van der Waals surface area contributed by atoms with Crippen molar-refractivity contribution >= 4 is 22.3 Å². The third-order valence-electron chi connectivity index (χ3n) is 2.98. The average molecular weight is 246 g/mol. The van der Waals surface area contributed by atoms with Gasteiger partial charge in [-0.15, -0.1) is 0 Å². The highest BCUT2D eigenvalue weighted by Gasteiger charge is 2.37. The van der Waals surface area contributed by atoms with Gasteiger partial charge in [0.2, 0.25) is 17.7 Å². The van der Waals surface area contributed by atoms with Crippen LogP contribution in [-0.2, 0) is 14.0 Å². The molecule has 0 bridgehead atoms. The summed E-state index contributed by atoms with van der Waals surface area (Å²) in [5.74, 6) is -1.06. The number of carbonyl (C=O) groups is 2. The first kappa shape index (κ1) is 15.1. The Morgan fingerprint density at radius 3 is 1.62 bits per heavy atom. The number of hydrogen-bond acceptors (Lipinski definition) is 3. The molecule has 0 spiro atoms. The van der Waals surface area contributed by atoms with Gasteiger partial charge in [0.05, 0.1) is 0 Å². The van der Waals surface area contributed by atoms with Gasteiger partial charge < -0.3 is 14.2 Å². The molecule has 94 valence electrons. The second kappa shape index (κ2) is 6.00. The lowest BCUT2D eigenvalue weighted by Gasteiger charge is -2.44. The molecule has 5 nitrogen and oxygen atoms in total. The summed E-state index contributed by atoms with van der Waals surface area (Å²) < 4.78 is 5.46. The lowest BCUT2D eigenvalue weighted by Crippen LogP contribution is -2.60. The second-order valence-electron chi connectivity index (χ2n) is 3.75. The summed E-state index contributed by atoms with van der Waals surface area (Å²) in [6.07, 6.45) is 0.788. The Hall–Kier alpha value is -0.883. The quantitative estimate of drug-likeness (QED) is 0.494. The van der Waals surface area contributed by atoms with Crippen LogP contribution in [0.2, 0.25) is 0 Å². The highest BCUT2D eigenvalue weighted by molar-refractivity contribution is 5.98. The van der Waals surface area contributed by atoms with Crippen LogP contribution in [0.5, 0.6) is 0 Å². The SMILES string of the molecule is CCC(=O)N(C)C(C)(O[SiH3])N(C)C(=O)CC. The molecule has 2 amide bonds. The largest absolute Gasteiger partial charge is 0.390 e. The van der Waals surface area contributed by atoms with E-state index in [1.54, 1.807) is 34.9 Å². The van der Waals surface area contributed by atoms with Crippen LogP contribution in [0.4, 0.5) is 0 Å². The summed E-state index contributed by atoms with van der Waals surface area (Å²) >= 11 is 0. The minimum atomic E-state index is -0.966. The van der Waals surface area contributed by atoms with E-state index in [2.05, 4.69) is 0 Å². The number of hydrogen-bond donors (Lipinski definition) is 0. The normalized spacial score (nSPS) is 11.3. The van der Waals surface area contributed by atoms with Crippen molar-refractivity contribution in [2.45, 2.75) is 39.5 Å². The van der Waals surface area contributed by atoms with Crippen molar-refractivity contribution in [3.8, 4) is 0 Å². The Morgan fingerprint density at radius 2 is 1.44 bits per heavy atom. The highest BCUT2D eigenvalue weighted by Crippen LogP contribution is 2.19. The molecular weight excluding hydrogens is 224 g/mol. The molecular formula is C10H22N2O3Si. The summed E-state index contributed by atoms with van der Waals surface area (Å²) in [6.45, 7) is 5.31. The first-order valence-corrected chi connectivity index (χ1v) is 6.25. The third kappa shape index (κ3) is 2.82. The number of amides is 2. The van der Waals surface area contributed by atoms with E-state index in [1.807, 2.05) is 0 Å². The Kier molecular flexibility index (Phi) is 5.67. The van der Waals surface area contributed by atoms with Gasteiger partial charge in [-0.05, 0) is 0 Å². The zero-order valence-corrected chi connectivity index (χ0v) is 13.0. The first-order chi connectivity index (χ1) is 7.34. The van der Waals surface area contributed by atoms with Crippen LogP contribution >= 0.6 is 0 Å². The summed E-state index contributed by atoms with van der Waals surface area (Å²) in [6, 6.07) is 0. The molecule has 0 aliphatic rings. The molecule has 0 aliphatic heterocycles. The van der Waals surface area contributed by atoms with Gasteiger partial charge >= 0.3 is 0 Å². The number of nitrogens with zero attached hydrogens (tertiary/aromatic N) is 2. The minimum Gasteiger partial charge on any atom is -0.390 e. The molecule has 0 rings (SSSR count). The van der Waals surface area contributed by atoms with Crippen molar-refractivity contribution in [3.05, 3.63) is 0 Å². The van der Waals surface area contributed by atoms with Crippen molar-refractivity contribution in [2.24, 2.45) is 0 Å². The van der Waals surface area contributed by atoms with E-state index >= 15 is 0 Å². The molecule has 0 heterocycles. The van der Waals surface area contributed by atoms with Crippen LogP contribution in [0.25, 0.3) is 0 Å². The van der Waals surface area contributed by atoms with Gasteiger partial charge in [-0.3, -0.25) is 9.59 Å². The molecule has 16 heavy (non-hydrogen) atoms. The van der Waals surface area contributed by atoms with Gasteiger partial charge in [-0.1, -0.05) is 13.8 Å². The van der Waals surface area contributed by atoms with Gasteiger partial charge in [0, 0.05) is 33.9 Å². The maximum atomic E-state index is 11.7. The zero-order valence-electron chi connectivity index (χ0n) is 11.0. The molecule has 0 fully saturated rings. The van der Waals surface area contributed by atoms with Gasteiger partial charge in [-0.2, -0.15) is 0 Å². The predicted molar refractivity (Wildman–Crippen MR) is 65.6 cm³/mol. The highest BCUT2D eigenvalue weighted by atomic mass is 28.2. The fraction of sp³-hybridized carbons (Fsp3) is 0.800. The van der Waals surface area contributed by atoms with Crippen molar-refractivity contribution < 1.29 is 14.0 Å². The molecule has 0 aromatic heterocycles. The smallest absolute Gasteiger partial charge is 0.225 e. The third-order valence-corrected chi connectivity index (χ3v) is 3.76. The molecule has 0 aromatic rings. The van der Waals surface area contributed by atoms with Crippen molar-refractivity contribution in [3.63, 3.8) is 0 Å². The molecule has 0 saturated carbocycles.